The molecule has 0 aromatic carbocycles. The number of hydrogen-bond donors (Lipinski definition) is 2. The van der Waals surface area contributed by atoms with E-state index in [2.05, 4.69) is 49.1 Å². The SMILES string of the molecule is CC(C)(C)[Si](C)(C)OC1CCC1Nc1ncnc(Cl)c1N. The molecule has 0 amide bonds. The van der Waals surface area contributed by atoms with Gasteiger partial charge in [0, 0.05) is 0 Å². The number of halogens is 1. The Kier molecular flexibility index (Phi) is 4.51. The summed E-state index contributed by atoms with van der Waals surface area (Å²) in [6, 6.07) is 0.243. The summed E-state index contributed by atoms with van der Waals surface area (Å²) in [4.78, 5) is 8.03. The van der Waals surface area contributed by atoms with Crippen molar-refractivity contribution in [3.05, 3.63) is 11.5 Å². The molecule has 118 valence electrons. The Bertz CT molecular complexity index is 518. The molecule has 5 nitrogen and oxygen atoms in total. The summed E-state index contributed by atoms with van der Waals surface area (Å²) in [5, 5.41) is 3.85. The molecular formula is C14H25ClN4OSi. The van der Waals surface area contributed by atoms with Crippen molar-refractivity contribution in [1.29, 1.82) is 0 Å². The minimum Gasteiger partial charge on any atom is -0.412 e. The first kappa shape index (κ1) is 16.5. The Balaban J connectivity index is 2.02. The molecule has 0 aliphatic heterocycles. The van der Waals surface area contributed by atoms with Crippen LogP contribution in [0.2, 0.25) is 23.3 Å². The highest BCUT2D eigenvalue weighted by Gasteiger charge is 2.43. The van der Waals surface area contributed by atoms with Crippen molar-refractivity contribution in [3.63, 3.8) is 0 Å². The van der Waals surface area contributed by atoms with Crippen molar-refractivity contribution in [2.75, 3.05) is 11.1 Å². The van der Waals surface area contributed by atoms with Crippen molar-refractivity contribution >= 4 is 31.4 Å². The first-order valence-corrected chi connectivity index (χ1v) is 10.6. The fraction of sp³-hybridized carbons (Fsp3) is 0.714. The van der Waals surface area contributed by atoms with Crippen molar-refractivity contribution in [2.45, 2.75) is 63.9 Å². The molecule has 7 heteroatoms. The van der Waals surface area contributed by atoms with Crippen molar-refractivity contribution in [3.8, 4) is 0 Å². The van der Waals surface area contributed by atoms with Gasteiger partial charge >= 0.3 is 0 Å². The molecule has 2 unspecified atom stereocenters. The van der Waals surface area contributed by atoms with E-state index in [1.165, 1.54) is 6.33 Å². The van der Waals surface area contributed by atoms with E-state index in [1.807, 2.05) is 0 Å². The second-order valence-electron chi connectivity index (χ2n) is 7.17. The minimum absolute atomic E-state index is 0.213. The molecule has 1 fully saturated rings. The van der Waals surface area contributed by atoms with Gasteiger partial charge in [0.05, 0.1) is 12.1 Å². The molecule has 1 saturated carbocycles. The highest BCUT2D eigenvalue weighted by Crippen LogP contribution is 2.40. The lowest BCUT2D eigenvalue weighted by Crippen LogP contribution is -2.53. The number of hydrogen-bond acceptors (Lipinski definition) is 5. The Morgan fingerprint density at radius 1 is 1.33 bits per heavy atom. The third-order valence-electron chi connectivity index (χ3n) is 4.62. The zero-order valence-electron chi connectivity index (χ0n) is 13.4. The molecule has 3 N–H and O–H groups in total. The molecule has 0 radical (unpaired) electrons. The first-order valence-electron chi connectivity index (χ1n) is 7.32. The third kappa shape index (κ3) is 3.49. The fourth-order valence-electron chi connectivity index (χ4n) is 2.00. The molecule has 0 bridgehead atoms. The second kappa shape index (κ2) is 5.74. The summed E-state index contributed by atoms with van der Waals surface area (Å²) in [5.74, 6) is 0.600. The van der Waals surface area contributed by atoms with Crippen LogP contribution in [0.25, 0.3) is 0 Å². The molecule has 0 saturated heterocycles. The van der Waals surface area contributed by atoms with Gasteiger partial charge in [0.1, 0.15) is 12.0 Å². The van der Waals surface area contributed by atoms with Crippen LogP contribution in [0.1, 0.15) is 33.6 Å². The average molecular weight is 329 g/mol. The molecule has 1 aliphatic carbocycles. The molecule has 1 heterocycles. The smallest absolute Gasteiger partial charge is 0.192 e. The van der Waals surface area contributed by atoms with Gasteiger partial charge in [0.25, 0.3) is 0 Å². The maximum atomic E-state index is 6.45. The number of nitrogens with one attached hydrogen (secondary N) is 1. The Morgan fingerprint density at radius 3 is 2.52 bits per heavy atom. The lowest BCUT2D eigenvalue weighted by atomic mass is 9.89. The van der Waals surface area contributed by atoms with Crippen LogP contribution in [0.3, 0.4) is 0 Å². The molecule has 2 atom stereocenters. The van der Waals surface area contributed by atoms with Gasteiger partial charge in [-0.2, -0.15) is 0 Å². The highest BCUT2D eigenvalue weighted by molar-refractivity contribution is 6.74. The van der Waals surface area contributed by atoms with E-state index < -0.39 is 8.32 Å². The maximum absolute atomic E-state index is 6.45. The van der Waals surface area contributed by atoms with E-state index in [-0.39, 0.29) is 22.3 Å². The molecule has 0 spiro atoms. The monoisotopic (exact) mass is 328 g/mol. The van der Waals surface area contributed by atoms with E-state index in [1.54, 1.807) is 0 Å². The van der Waals surface area contributed by atoms with Crippen LogP contribution in [-0.2, 0) is 4.43 Å². The van der Waals surface area contributed by atoms with Crippen LogP contribution in [0.15, 0.2) is 6.33 Å². The van der Waals surface area contributed by atoms with Crippen molar-refractivity contribution in [1.82, 2.24) is 9.97 Å². The van der Waals surface area contributed by atoms with Gasteiger partial charge in [-0.1, -0.05) is 32.4 Å². The lowest BCUT2D eigenvalue weighted by molar-refractivity contribution is 0.0880. The largest absolute Gasteiger partial charge is 0.412 e. The van der Waals surface area contributed by atoms with Crippen LogP contribution in [0.5, 0.6) is 0 Å². The number of rotatable bonds is 4. The van der Waals surface area contributed by atoms with Crippen LogP contribution < -0.4 is 11.1 Å². The van der Waals surface area contributed by atoms with Gasteiger partial charge in [0.2, 0.25) is 0 Å². The molecule has 1 aliphatic rings. The second-order valence-corrected chi connectivity index (χ2v) is 12.3. The van der Waals surface area contributed by atoms with Gasteiger partial charge in [-0.3, -0.25) is 0 Å². The van der Waals surface area contributed by atoms with Crippen LogP contribution in [0.4, 0.5) is 11.5 Å². The van der Waals surface area contributed by atoms with E-state index >= 15 is 0 Å². The predicted molar refractivity (Wildman–Crippen MR) is 90.2 cm³/mol. The summed E-state index contributed by atoms with van der Waals surface area (Å²) in [6.07, 6.45) is 3.77. The average Bonchev–Trinajstić information content (AvgIpc) is 2.35. The third-order valence-corrected chi connectivity index (χ3v) is 9.43. The maximum Gasteiger partial charge on any atom is 0.192 e. The fourth-order valence-corrected chi connectivity index (χ4v) is 3.52. The zero-order chi connectivity index (χ0) is 15.8. The van der Waals surface area contributed by atoms with E-state index in [4.69, 9.17) is 21.8 Å². The van der Waals surface area contributed by atoms with Crippen LogP contribution in [0, 0.1) is 0 Å². The molecule has 2 rings (SSSR count). The number of aromatic nitrogens is 2. The molecular weight excluding hydrogens is 304 g/mol. The minimum atomic E-state index is -1.75. The molecule has 21 heavy (non-hydrogen) atoms. The molecule has 1 aromatic rings. The summed E-state index contributed by atoms with van der Waals surface area (Å²) >= 11 is 5.92. The number of nitrogen functional groups attached to an aromatic ring is 1. The predicted octanol–water partition coefficient (Wildman–Crippen LogP) is 3.68. The first-order chi connectivity index (χ1) is 9.62. The van der Waals surface area contributed by atoms with Gasteiger partial charge in [-0.25, -0.2) is 9.97 Å². The molecule has 1 aromatic heterocycles. The van der Waals surface area contributed by atoms with Gasteiger partial charge in [0.15, 0.2) is 19.3 Å². The van der Waals surface area contributed by atoms with Crippen molar-refractivity contribution in [2.24, 2.45) is 0 Å². The number of anilines is 2. The summed E-state index contributed by atoms with van der Waals surface area (Å²) < 4.78 is 6.45. The lowest BCUT2D eigenvalue weighted by Gasteiger charge is -2.46. The van der Waals surface area contributed by atoms with Gasteiger partial charge in [-0.05, 0) is 31.0 Å². The van der Waals surface area contributed by atoms with Crippen LogP contribution >= 0.6 is 11.6 Å². The Labute approximate surface area is 132 Å². The van der Waals surface area contributed by atoms with E-state index in [0.717, 1.165) is 12.8 Å². The van der Waals surface area contributed by atoms with Gasteiger partial charge in [-0.15, -0.1) is 0 Å². The van der Waals surface area contributed by atoms with Crippen molar-refractivity contribution < 1.29 is 4.43 Å². The zero-order valence-corrected chi connectivity index (χ0v) is 15.2. The normalized spacial score (nSPS) is 22.8. The number of nitrogens with zero attached hydrogens (tertiary/aromatic N) is 2. The van der Waals surface area contributed by atoms with E-state index in [9.17, 15) is 0 Å². The van der Waals surface area contributed by atoms with Gasteiger partial charge < -0.3 is 15.5 Å². The van der Waals surface area contributed by atoms with Crippen LogP contribution in [-0.4, -0.2) is 30.4 Å². The Hall–Kier alpha value is -0.853. The standard InChI is InChI=1S/C14H25ClN4OSi/c1-14(2,3)21(4,5)20-10-7-6-9(10)19-13-11(16)12(15)17-8-18-13/h8-10H,6-7,16H2,1-5H3,(H,17,18,19). The number of nitrogens with two attached hydrogens (primary N) is 1. The quantitative estimate of drug-likeness (QED) is 0.651. The van der Waals surface area contributed by atoms with E-state index in [0.29, 0.717) is 11.5 Å². The summed E-state index contributed by atoms with van der Waals surface area (Å²) in [6.45, 7) is 11.3. The summed E-state index contributed by atoms with van der Waals surface area (Å²) in [7, 11) is -1.75. The topological polar surface area (TPSA) is 73.1 Å². The highest BCUT2D eigenvalue weighted by atomic mass is 35.5. The Morgan fingerprint density at radius 2 is 2.00 bits per heavy atom. The summed E-state index contributed by atoms with van der Waals surface area (Å²) in [5.41, 5.74) is 6.30.